The quantitative estimate of drug-likeness (QED) is 0.626. The summed E-state index contributed by atoms with van der Waals surface area (Å²) in [6.45, 7) is 1.47. The van der Waals surface area contributed by atoms with Gasteiger partial charge in [-0.2, -0.15) is 0 Å². The fourth-order valence-corrected chi connectivity index (χ4v) is 1.26. The topological polar surface area (TPSA) is 22.0 Å². The predicted octanol–water partition coefficient (Wildman–Crippen LogP) is 2.53. The van der Waals surface area contributed by atoms with Crippen molar-refractivity contribution in [3.63, 3.8) is 0 Å². The van der Waals surface area contributed by atoms with E-state index in [2.05, 4.69) is 0 Å². The number of ketones is 1. The molecule has 0 saturated heterocycles. The highest BCUT2D eigenvalue weighted by Crippen LogP contribution is 2.24. The van der Waals surface area contributed by atoms with Gasteiger partial charge < -0.3 is 4.57 Å². The van der Waals surface area contributed by atoms with Crippen LogP contribution in [0.25, 0.3) is 0 Å². The van der Waals surface area contributed by atoms with E-state index >= 15 is 0 Å². The summed E-state index contributed by atoms with van der Waals surface area (Å²) in [5.41, 5.74) is 0.528. The number of nitrogens with zero attached hydrogens (tertiary/aromatic N) is 1. The monoisotopic (exact) mass is 191 g/mol. The maximum absolute atomic E-state index is 10.9. The molecule has 0 radical (unpaired) electrons. The van der Waals surface area contributed by atoms with Crippen LogP contribution in [0.1, 0.15) is 17.4 Å². The molecule has 0 saturated carbocycles. The number of carbonyl (C=O) groups excluding carboxylic acids is 1. The van der Waals surface area contributed by atoms with Crippen LogP contribution in [-0.2, 0) is 7.05 Å². The lowest BCUT2D eigenvalue weighted by Gasteiger charge is -1.97. The Kier molecular flexibility index (Phi) is 2.25. The van der Waals surface area contributed by atoms with Crippen LogP contribution in [0.5, 0.6) is 0 Å². The SMILES string of the molecule is CC(=O)c1cc(Cl)c(Cl)n1C. The van der Waals surface area contributed by atoms with Crippen LogP contribution >= 0.6 is 23.2 Å². The normalized spacial score (nSPS) is 10.2. The lowest BCUT2D eigenvalue weighted by atomic mass is 10.3. The summed E-state index contributed by atoms with van der Waals surface area (Å²) in [5.74, 6) is -0.0405. The molecule has 0 spiro atoms. The van der Waals surface area contributed by atoms with Gasteiger partial charge in [0.25, 0.3) is 0 Å². The van der Waals surface area contributed by atoms with E-state index in [4.69, 9.17) is 23.2 Å². The minimum Gasteiger partial charge on any atom is -0.331 e. The standard InChI is InChI=1S/C7H7Cl2NO/c1-4(11)6-3-5(8)7(9)10(6)2/h3H,1-2H3. The third-order valence-electron chi connectivity index (χ3n) is 1.48. The molecule has 60 valence electrons. The molecule has 0 aliphatic rings. The summed E-state index contributed by atoms with van der Waals surface area (Å²) in [6.07, 6.45) is 0. The lowest BCUT2D eigenvalue weighted by Crippen LogP contribution is -2.00. The molecule has 0 aliphatic heterocycles. The first-order valence-corrected chi connectivity index (χ1v) is 3.81. The Labute approximate surface area is 74.7 Å². The van der Waals surface area contributed by atoms with Crippen molar-refractivity contribution in [2.24, 2.45) is 7.05 Å². The predicted molar refractivity (Wildman–Crippen MR) is 45.4 cm³/mol. The molecule has 1 rings (SSSR count). The van der Waals surface area contributed by atoms with Crippen LogP contribution in [0.4, 0.5) is 0 Å². The zero-order chi connectivity index (χ0) is 8.59. The van der Waals surface area contributed by atoms with Gasteiger partial charge in [0, 0.05) is 14.0 Å². The number of Topliss-reactive ketones (excluding diaryl/α,β-unsaturated/α-hetero) is 1. The second-order valence-corrected chi connectivity index (χ2v) is 3.05. The number of rotatable bonds is 1. The number of carbonyl (C=O) groups is 1. The minimum absolute atomic E-state index is 0.0405. The molecule has 0 amide bonds. The largest absolute Gasteiger partial charge is 0.331 e. The van der Waals surface area contributed by atoms with Gasteiger partial charge >= 0.3 is 0 Å². The summed E-state index contributed by atoms with van der Waals surface area (Å²) in [6, 6.07) is 1.56. The van der Waals surface area contributed by atoms with E-state index in [9.17, 15) is 4.79 Å². The fourth-order valence-electron chi connectivity index (χ4n) is 0.880. The van der Waals surface area contributed by atoms with E-state index in [1.54, 1.807) is 17.7 Å². The summed E-state index contributed by atoms with van der Waals surface area (Å²) in [4.78, 5) is 10.9. The Morgan fingerprint density at radius 3 is 2.27 bits per heavy atom. The van der Waals surface area contributed by atoms with Gasteiger partial charge in [0.1, 0.15) is 5.15 Å². The second kappa shape index (κ2) is 2.88. The smallest absolute Gasteiger partial charge is 0.176 e. The average molecular weight is 192 g/mol. The van der Waals surface area contributed by atoms with Crippen molar-refractivity contribution in [1.82, 2.24) is 4.57 Å². The number of hydrogen-bond donors (Lipinski definition) is 0. The maximum Gasteiger partial charge on any atom is 0.176 e. The van der Waals surface area contributed by atoms with Crippen molar-refractivity contribution in [2.75, 3.05) is 0 Å². The van der Waals surface area contributed by atoms with E-state index in [0.717, 1.165) is 0 Å². The van der Waals surface area contributed by atoms with Gasteiger partial charge in [-0.1, -0.05) is 23.2 Å². The van der Waals surface area contributed by atoms with E-state index in [1.165, 1.54) is 6.92 Å². The van der Waals surface area contributed by atoms with Crippen molar-refractivity contribution in [3.05, 3.63) is 21.9 Å². The first kappa shape index (κ1) is 8.62. The number of aromatic nitrogens is 1. The molecule has 0 atom stereocenters. The average Bonchev–Trinajstić information content (AvgIpc) is 2.17. The zero-order valence-electron chi connectivity index (χ0n) is 6.19. The molecule has 0 unspecified atom stereocenters. The van der Waals surface area contributed by atoms with Crippen molar-refractivity contribution < 1.29 is 4.79 Å². The summed E-state index contributed by atoms with van der Waals surface area (Å²) in [5, 5.41) is 0.816. The number of halogens is 2. The third kappa shape index (κ3) is 1.42. The maximum atomic E-state index is 10.9. The summed E-state index contributed by atoms with van der Waals surface area (Å²) >= 11 is 11.4. The molecule has 2 nitrogen and oxygen atoms in total. The van der Waals surface area contributed by atoms with Crippen LogP contribution in [-0.4, -0.2) is 10.4 Å². The molecule has 1 aromatic heterocycles. The highest BCUT2D eigenvalue weighted by atomic mass is 35.5. The van der Waals surface area contributed by atoms with Gasteiger partial charge in [-0.25, -0.2) is 0 Å². The molecule has 1 aromatic rings. The Hall–Kier alpha value is -0.470. The van der Waals surface area contributed by atoms with Crippen molar-refractivity contribution in [2.45, 2.75) is 6.92 Å². The molecule has 0 aliphatic carbocycles. The van der Waals surface area contributed by atoms with E-state index in [0.29, 0.717) is 15.9 Å². The first-order chi connectivity index (χ1) is 5.04. The molecule has 0 fully saturated rings. The Morgan fingerprint density at radius 2 is 2.09 bits per heavy atom. The highest BCUT2D eigenvalue weighted by molar-refractivity contribution is 6.41. The Balaban J connectivity index is 3.29. The molecule has 0 N–H and O–H groups in total. The third-order valence-corrected chi connectivity index (χ3v) is 2.32. The molecular formula is C7H7Cl2NO. The summed E-state index contributed by atoms with van der Waals surface area (Å²) < 4.78 is 1.56. The van der Waals surface area contributed by atoms with E-state index in [-0.39, 0.29) is 5.78 Å². The van der Waals surface area contributed by atoms with Crippen molar-refractivity contribution in [3.8, 4) is 0 Å². The first-order valence-electron chi connectivity index (χ1n) is 3.05. The molecule has 4 heteroatoms. The second-order valence-electron chi connectivity index (χ2n) is 2.28. The van der Waals surface area contributed by atoms with Gasteiger partial charge in [-0.15, -0.1) is 0 Å². The molecule has 1 heterocycles. The van der Waals surface area contributed by atoms with Crippen LogP contribution < -0.4 is 0 Å². The van der Waals surface area contributed by atoms with Gasteiger partial charge in [-0.3, -0.25) is 4.79 Å². The zero-order valence-corrected chi connectivity index (χ0v) is 7.70. The molecule has 11 heavy (non-hydrogen) atoms. The summed E-state index contributed by atoms with van der Waals surface area (Å²) in [7, 11) is 1.70. The lowest BCUT2D eigenvalue weighted by molar-refractivity contribution is 0.101. The van der Waals surface area contributed by atoms with Gasteiger partial charge in [-0.05, 0) is 6.07 Å². The van der Waals surface area contributed by atoms with Crippen LogP contribution in [0, 0.1) is 0 Å². The highest BCUT2D eigenvalue weighted by Gasteiger charge is 2.11. The Bertz CT molecular complexity index is 304. The van der Waals surface area contributed by atoms with E-state index < -0.39 is 0 Å². The van der Waals surface area contributed by atoms with Crippen molar-refractivity contribution in [1.29, 1.82) is 0 Å². The van der Waals surface area contributed by atoms with Gasteiger partial charge in [0.05, 0.1) is 10.7 Å². The van der Waals surface area contributed by atoms with Gasteiger partial charge in [0.15, 0.2) is 5.78 Å². The Morgan fingerprint density at radius 1 is 1.55 bits per heavy atom. The van der Waals surface area contributed by atoms with Gasteiger partial charge in [0.2, 0.25) is 0 Å². The van der Waals surface area contributed by atoms with Crippen LogP contribution in [0.2, 0.25) is 10.2 Å². The molecular weight excluding hydrogens is 185 g/mol. The fraction of sp³-hybridized carbons (Fsp3) is 0.286. The molecule has 0 aromatic carbocycles. The van der Waals surface area contributed by atoms with Crippen LogP contribution in [0.15, 0.2) is 6.07 Å². The van der Waals surface area contributed by atoms with Crippen LogP contribution in [0.3, 0.4) is 0 Å². The minimum atomic E-state index is -0.0405. The molecule has 0 bridgehead atoms. The van der Waals surface area contributed by atoms with E-state index in [1.807, 2.05) is 0 Å². The number of hydrogen-bond acceptors (Lipinski definition) is 1. The van der Waals surface area contributed by atoms with Crippen molar-refractivity contribution >= 4 is 29.0 Å².